The highest BCUT2D eigenvalue weighted by Gasteiger charge is 2.30. The van der Waals surface area contributed by atoms with Crippen molar-refractivity contribution in [1.29, 1.82) is 0 Å². The minimum atomic E-state index is 0.255. The van der Waals surface area contributed by atoms with Gasteiger partial charge in [0.2, 0.25) is 23.6 Å². The summed E-state index contributed by atoms with van der Waals surface area (Å²) >= 11 is 0. The summed E-state index contributed by atoms with van der Waals surface area (Å²) in [5.74, 6) is 3.98. The number of carbonyl (C=O) groups is 4. The number of H-pyrrole nitrogens is 4. The standard InChI is InChI=1S/C27H30N4O.2C26H28N4O.C25H32N4O/c32-27(11-8-21-5-2-1-3-6-21)30-14-4-7-22(12-15-30)20-31-16-13-24-17-23(9-10-26(24)31)25-18-28-29-19-25;2*31-26(15-20-5-2-1-3-6-20)29-12-4-7-21(10-13-29)19-30-14-11-23-16-22(8-9-25(23)30)24-17-27-28-18-24;30-25(20-6-2-1-3-7-20)28-12-4-5-19(10-13-28)18-29-14-11-22-15-21(8-9-24(22)29)23-16-26-27-17-23/h1-3,5-6,9-10,13,16-19,22H,4,7-8,11-12,14-15,20H2,(H,28,29);2*1-3,5-6,8-9,11,14,16-18,21H,4,7,10,12-13,15,19H2,(H,27,28);8-9,11,14-17,19-20H,1-7,10,12-13,18H2,(H,26,27). The highest BCUT2D eigenvalue weighted by Crippen LogP contribution is 2.35. The van der Waals surface area contributed by atoms with Crippen molar-refractivity contribution in [2.24, 2.45) is 29.6 Å². The lowest BCUT2D eigenvalue weighted by molar-refractivity contribution is -0.136. The number of aryl methyl sites for hydroxylation is 1. The molecule has 4 unspecified atom stereocenters. The minimum Gasteiger partial charge on any atom is -0.347 e. The van der Waals surface area contributed by atoms with E-state index in [4.69, 9.17) is 0 Å². The molecule has 7 aromatic carbocycles. The van der Waals surface area contributed by atoms with Gasteiger partial charge in [-0.05, 0) is 232 Å². The predicted octanol–water partition coefficient (Wildman–Crippen LogP) is 20.3. The van der Waals surface area contributed by atoms with E-state index in [0.717, 1.165) is 183 Å². The summed E-state index contributed by atoms with van der Waals surface area (Å²) in [6.45, 7) is 11.2. The number of carbonyl (C=O) groups excluding carboxylic acids is 4. The molecule has 0 bridgehead atoms. The molecule has 20 rings (SSSR count). The third-order valence-corrected chi connectivity index (χ3v) is 26.8. The summed E-state index contributed by atoms with van der Waals surface area (Å²) in [5, 5.41) is 32.8. The Bertz CT molecular complexity index is 5700. The van der Waals surface area contributed by atoms with Gasteiger partial charge >= 0.3 is 0 Å². The van der Waals surface area contributed by atoms with E-state index < -0.39 is 0 Å². The van der Waals surface area contributed by atoms with Crippen molar-refractivity contribution in [3.63, 3.8) is 0 Å². The summed E-state index contributed by atoms with van der Waals surface area (Å²) in [6, 6.07) is 65.8. The number of hydrogen-bond acceptors (Lipinski definition) is 8. The van der Waals surface area contributed by atoms with Crippen molar-refractivity contribution in [2.75, 3.05) is 52.4 Å². The molecular weight excluding hydrogens is 1540 g/mol. The molecule has 5 fully saturated rings. The van der Waals surface area contributed by atoms with Gasteiger partial charge in [0.1, 0.15) is 0 Å². The molecule has 5 aliphatic rings. The van der Waals surface area contributed by atoms with Crippen LogP contribution in [0.1, 0.15) is 132 Å². The molecule has 12 heterocycles. The van der Waals surface area contributed by atoms with Gasteiger partial charge in [-0.25, -0.2) is 0 Å². The molecule has 0 spiro atoms. The maximum absolute atomic E-state index is 12.9. The molecule has 124 heavy (non-hydrogen) atoms. The molecule has 1 aliphatic carbocycles. The van der Waals surface area contributed by atoms with E-state index in [0.29, 0.717) is 60.7 Å². The van der Waals surface area contributed by atoms with Crippen LogP contribution < -0.4 is 0 Å². The molecule has 8 aromatic heterocycles. The van der Waals surface area contributed by atoms with Gasteiger partial charge in [-0.2, -0.15) is 20.4 Å². The molecule has 4 amide bonds. The van der Waals surface area contributed by atoms with Crippen LogP contribution in [-0.4, -0.2) is 155 Å². The highest BCUT2D eigenvalue weighted by atomic mass is 16.2. The number of fused-ring (bicyclic) bond motifs is 4. The maximum atomic E-state index is 12.9. The van der Waals surface area contributed by atoms with E-state index >= 15 is 0 Å². The number of benzene rings is 7. The van der Waals surface area contributed by atoms with Gasteiger partial charge in [-0.3, -0.25) is 39.6 Å². The third kappa shape index (κ3) is 21.5. The lowest BCUT2D eigenvalue weighted by atomic mass is 9.88. The lowest BCUT2D eigenvalue weighted by Crippen LogP contribution is -2.37. The zero-order chi connectivity index (χ0) is 84.2. The Morgan fingerprint density at radius 2 is 0.597 bits per heavy atom. The molecule has 4 aliphatic heterocycles. The van der Waals surface area contributed by atoms with Crippen LogP contribution >= 0.6 is 0 Å². The first-order valence-corrected chi connectivity index (χ1v) is 45.6. The quantitative estimate of drug-likeness (QED) is 0.0574. The second-order valence-corrected chi connectivity index (χ2v) is 35.2. The Morgan fingerprint density at radius 1 is 0.290 bits per heavy atom. The monoisotopic (exact) mass is 1650 g/mol. The average molecular weight is 1660 g/mol. The minimum absolute atomic E-state index is 0.255. The van der Waals surface area contributed by atoms with Crippen molar-refractivity contribution in [2.45, 2.75) is 161 Å². The number of likely N-dealkylation sites (tertiary alicyclic amines) is 4. The highest BCUT2D eigenvalue weighted by molar-refractivity contribution is 5.89. The molecule has 20 heteroatoms. The van der Waals surface area contributed by atoms with Gasteiger partial charge < -0.3 is 37.9 Å². The number of rotatable bonds is 20. The van der Waals surface area contributed by atoms with Crippen LogP contribution in [0.3, 0.4) is 0 Å². The van der Waals surface area contributed by atoms with Crippen LogP contribution in [-0.2, 0) is 64.6 Å². The van der Waals surface area contributed by atoms with Gasteiger partial charge in [-0.1, -0.05) is 135 Å². The van der Waals surface area contributed by atoms with Gasteiger partial charge in [0, 0.05) is 206 Å². The Kier molecular flexibility index (Phi) is 27.7. The summed E-state index contributed by atoms with van der Waals surface area (Å²) in [6.07, 6.45) is 45.8. The Balaban J connectivity index is 0.000000117. The second kappa shape index (κ2) is 41.1. The smallest absolute Gasteiger partial charge is 0.226 e. The maximum Gasteiger partial charge on any atom is 0.226 e. The SMILES string of the molecule is O=C(C1CCCCC1)N1CCCC(Cn2ccc3cc(-c4cn[nH]c4)ccc32)CC1.O=C(CCc1ccccc1)N1CCCC(Cn2ccc3cc(-c4cn[nH]c4)ccc32)CC1.O=C(Cc1ccccc1)N1CCCC(Cn2ccc3cc(-c4cn[nH]c4)ccc32)CC1.O=C(Cc1ccccc1)N1CCCC(Cn2ccc3cc(-c4cn[nH]c4)ccc32)CC1. The number of nitrogens with zero attached hydrogens (tertiary/aromatic N) is 12. The summed E-state index contributed by atoms with van der Waals surface area (Å²) < 4.78 is 9.53. The van der Waals surface area contributed by atoms with E-state index in [1.54, 1.807) is 0 Å². The average Bonchev–Trinajstić information content (AvgIpc) is 1.66. The molecule has 4 atom stereocenters. The summed E-state index contributed by atoms with van der Waals surface area (Å²) in [5.41, 5.74) is 17.7. The number of nitrogens with one attached hydrogen (secondary N) is 4. The van der Waals surface area contributed by atoms with Crippen LogP contribution in [0, 0.1) is 29.6 Å². The van der Waals surface area contributed by atoms with Crippen molar-refractivity contribution in [3.05, 3.63) is 279 Å². The third-order valence-electron chi connectivity index (χ3n) is 26.8. The second-order valence-electron chi connectivity index (χ2n) is 35.2. The van der Waals surface area contributed by atoms with Crippen LogP contribution in [0.4, 0.5) is 0 Å². The van der Waals surface area contributed by atoms with E-state index in [-0.39, 0.29) is 11.8 Å². The fourth-order valence-corrected chi connectivity index (χ4v) is 19.7. The summed E-state index contributed by atoms with van der Waals surface area (Å²) in [4.78, 5) is 59.6. The van der Waals surface area contributed by atoms with Crippen LogP contribution in [0.25, 0.3) is 88.1 Å². The molecule has 4 N–H and O–H groups in total. The Morgan fingerprint density at radius 3 is 0.919 bits per heavy atom. The van der Waals surface area contributed by atoms with Gasteiger partial charge in [0.15, 0.2) is 0 Å². The lowest BCUT2D eigenvalue weighted by Gasteiger charge is -2.28. The molecular formula is C104H118N16O4. The molecule has 15 aromatic rings. The van der Waals surface area contributed by atoms with E-state index in [2.05, 4.69) is 213 Å². The van der Waals surface area contributed by atoms with Crippen LogP contribution in [0.2, 0.25) is 0 Å². The number of aromatic amines is 4. The molecule has 4 saturated heterocycles. The van der Waals surface area contributed by atoms with Gasteiger partial charge in [-0.15, -0.1) is 0 Å². The van der Waals surface area contributed by atoms with Crippen molar-refractivity contribution in [1.82, 2.24) is 78.7 Å². The van der Waals surface area contributed by atoms with E-state index in [9.17, 15) is 19.2 Å². The fourth-order valence-electron chi connectivity index (χ4n) is 19.7. The van der Waals surface area contributed by atoms with Crippen molar-refractivity contribution < 1.29 is 19.2 Å². The fraction of sp³-hybridized carbons (Fsp3) is 0.365. The summed E-state index contributed by atoms with van der Waals surface area (Å²) in [7, 11) is 0. The number of amides is 4. The first-order valence-electron chi connectivity index (χ1n) is 45.6. The number of aromatic nitrogens is 12. The van der Waals surface area contributed by atoms with E-state index in [1.807, 2.05) is 128 Å². The number of hydrogen-bond donors (Lipinski definition) is 4. The van der Waals surface area contributed by atoms with E-state index in [1.165, 1.54) is 116 Å². The Labute approximate surface area is 727 Å². The molecule has 20 nitrogen and oxygen atoms in total. The first kappa shape index (κ1) is 83.7. The van der Waals surface area contributed by atoms with Crippen molar-refractivity contribution >= 4 is 67.2 Å². The Hall–Kier alpha value is -12.6. The zero-order valence-corrected chi connectivity index (χ0v) is 71.5. The topological polar surface area (TPSA) is 216 Å². The normalized spacial score (nSPS) is 18.0. The van der Waals surface area contributed by atoms with Gasteiger partial charge in [0.05, 0.1) is 37.6 Å². The zero-order valence-electron chi connectivity index (χ0n) is 71.5. The predicted molar refractivity (Wildman–Crippen MR) is 495 cm³/mol. The van der Waals surface area contributed by atoms with Gasteiger partial charge in [0.25, 0.3) is 0 Å². The molecule has 1 saturated carbocycles. The van der Waals surface area contributed by atoms with Crippen LogP contribution in [0.15, 0.2) is 262 Å². The molecule has 638 valence electrons. The first-order chi connectivity index (χ1) is 61.1. The molecule has 0 radical (unpaired) electrons. The van der Waals surface area contributed by atoms with Crippen LogP contribution in [0.5, 0.6) is 0 Å². The largest absolute Gasteiger partial charge is 0.347 e. The van der Waals surface area contributed by atoms with Crippen molar-refractivity contribution in [3.8, 4) is 44.5 Å².